The van der Waals surface area contributed by atoms with Crippen molar-refractivity contribution in [2.45, 2.75) is 32.7 Å². The molecule has 0 bridgehead atoms. The van der Waals surface area contributed by atoms with Crippen molar-refractivity contribution in [1.82, 2.24) is 14.5 Å². The maximum Gasteiger partial charge on any atom is 0.338 e. The van der Waals surface area contributed by atoms with Gasteiger partial charge in [-0.1, -0.05) is 31.5 Å². The second-order valence-electron chi connectivity index (χ2n) is 7.52. The molecule has 0 fully saturated rings. The lowest BCUT2D eigenvalue weighted by Crippen LogP contribution is -2.12. The van der Waals surface area contributed by atoms with Crippen LogP contribution < -0.4 is 0 Å². The fourth-order valence-electron chi connectivity index (χ4n) is 3.75. The molecular formula is C25H25N3O3. The number of H-pyrrole nitrogens is 1. The maximum absolute atomic E-state index is 12.9. The molecule has 0 saturated carbocycles. The summed E-state index contributed by atoms with van der Waals surface area (Å²) in [7, 11) is 1.37. The van der Waals surface area contributed by atoms with Crippen LogP contribution >= 0.6 is 0 Å². The van der Waals surface area contributed by atoms with E-state index in [0.717, 1.165) is 47.2 Å². The number of ketones is 1. The normalized spacial score (nSPS) is 11.0. The number of aromatic nitrogens is 3. The van der Waals surface area contributed by atoms with Gasteiger partial charge >= 0.3 is 5.97 Å². The first-order valence-corrected chi connectivity index (χ1v) is 10.4. The molecule has 2 heterocycles. The molecule has 0 aliphatic rings. The van der Waals surface area contributed by atoms with Gasteiger partial charge < -0.3 is 14.3 Å². The summed E-state index contributed by atoms with van der Waals surface area (Å²) >= 11 is 0. The molecule has 0 saturated heterocycles. The Kier molecular flexibility index (Phi) is 5.98. The summed E-state index contributed by atoms with van der Waals surface area (Å²) in [5.74, 6) is 0.597. The summed E-state index contributed by atoms with van der Waals surface area (Å²) in [5.41, 5.74) is 3.61. The molecule has 6 heteroatoms. The summed E-state index contributed by atoms with van der Waals surface area (Å²) in [4.78, 5) is 32.8. The largest absolute Gasteiger partial charge is 0.465 e. The Bertz CT molecular complexity index is 1240. The number of Topliss-reactive ketones (excluding diaryl/α,β-unsaturated/α-hetero) is 1. The maximum atomic E-state index is 12.9. The highest BCUT2D eigenvalue weighted by Gasteiger charge is 2.16. The average molecular weight is 415 g/mol. The number of nitrogens with zero attached hydrogens (tertiary/aromatic N) is 2. The smallest absolute Gasteiger partial charge is 0.338 e. The van der Waals surface area contributed by atoms with Crippen LogP contribution in [0.25, 0.3) is 22.2 Å². The van der Waals surface area contributed by atoms with E-state index in [1.165, 1.54) is 7.11 Å². The van der Waals surface area contributed by atoms with Crippen molar-refractivity contribution < 1.29 is 14.3 Å². The van der Waals surface area contributed by atoms with Crippen molar-refractivity contribution in [1.29, 1.82) is 0 Å². The van der Waals surface area contributed by atoms with Gasteiger partial charge in [0.15, 0.2) is 5.78 Å². The van der Waals surface area contributed by atoms with Gasteiger partial charge in [0.25, 0.3) is 0 Å². The third kappa shape index (κ3) is 4.28. The minimum Gasteiger partial charge on any atom is -0.465 e. The lowest BCUT2D eigenvalue weighted by Gasteiger charge is -2.07. The Morgan fingerprint density at radius 2 is 1.97 bits per heavy atom. The fraction of sp³-hybridized carbons (Fsp3) is 0.240. The summed E-state index contributed by atoms with van der Waals surface area (Å²) in [6.45, 7) is 2.41. The van der Waals surface area contributed by atoms with Crippen LogP contribution in [0, 0.1) is 0 Å². The molecule has 1 N–H and O–H groups in total. The van der Waals surface area contributed by atoms with Crippen molar-refractivity contribution in [2.24, 2.45) is 0 Å². The summed E-state index contributed by atoms with van der Waals surface area (Å²) in [6.07, 6.45) is 6.62. The number of unbranched alkanes of at least 4 members (excludes halogenated alkanes) is 1. The van der Waals surface area contributed by atoms with Crippen LogP contribution in [0.15, 0.2) is 60.9 Å². The molecule has 0 radical (unpaired) electrons. The molecule has 0 amide bonds. The van der Waals surface area contributed by atoms with Gasteiger partial charge in [-0.2, -0.15) is 0 Å². The van der Waals surface area contributed by atoms with Crippen molar-refractivity contribution in [3.63, 3.8) is 0 Å². The predicted molar refractivity (Wildman–Crippen MR) is 120 cm³/mol. The van der Waals surface area contributed by atoms with E-state index in [1.807, 2.05) is 47.2 Å². The standard InChI is InChI=1S/C25H25N3O3/c1-3-4-9-24-26-12-13-28(24)16-23(29)17-10-11-21-18(14-17)15-22(27-21)19-7-5-6-8-20(19)25(30)31-2/h5-8,10-15,27H,3-4,9,16H2,1-2H3. The third-order valence-electron chi connectivity index (χ3n) is 5.43. The number of methoxy groups -OCH3 is 1. The van der Waals surface area contributed by atoms with Crippen molar-refractivity contribution >= 4 is 22.7 Å². The summed E-state index contributed by atoms with van der Waals surface area (Å²) < 4.78 is 6.83. The highest BCUT2D eigenvalue weighted by Crippen LogP contribution is 2.28. The lowest BCUT2D eigenvalue weighted by molar-refractivity contribution is 0.0601. The van der Waals surface area contributed by atoms with E-state index < -0.39 is 0 Å². The Balaban J connectivity index is 1.61. The number of fused-ring (bicyclic) bond motifs is 1. The van der Waals surface area contributed by atoms with Crippen molar-refractivity contribution in [3.05, 3.63) is 77.9 Å². The summed E-state index contributed by atoms with van der Waals surface area (Å²) in [5, 5.41) is 0.914. The number of imidazole rings is 1. The first-order chi connectivity index (χ1) is 15.1. The van der Waals surface area contributed by atoms with E-state index in [-0.39, 0.29) is 18.3 Å². The zero-order chi connectivity index (χ0) is 21.8. The van der Waals surface area contributed by atoms with Crippen LogP contribution in [0.1, 0.15) is 46.3 Å². The van der Waals surface area contributed by atoms with Gasteiger partial charge in [-0.05, 0) is 36.8 Å². The van der Waals surface area contributed by atoms with Crippen LogP contribution in [0.3, 0.4) is 0 Å². The Hall–Kier alpha value is -3.67. The zero-order valence-electron chi connectivity index (χ0n) is 17.7. The van der Waals surface area contributed by atoms with E-state index in [1.54, 1.807) is 18.3 Å². The van der Waals surface area contributed by atoms with Gasteiger partial charge in [-0.3, -0.25) is 4.79 Å². The van der Waals surface area contributed by atoms with E-state index in [4.69, 9.17) is 4.74 Å². The van der Waals surface area contributed by atoms with Crippen LogP contribution in [-0.4, -0.2) is 33.4 Å². The van der Waals surface area contributed by atoms with Gasteiger partial charge in [0, 0.05) is 46.5 Å². The van der Waals surface area contributed by atoms with Crippen LogP contribution in [0.5, 0.6) is 0 Å². The first-order valence-electron chi connectivity index (χ1n) is 10.4. The molecule has 31 heavy (non-hydrogen) atoms. The fourth-order valence-corrected chi connectivity index (χ4v) is 3.75. The van der Waals surface area contributed by atoms with E-state index in [9.17, 15) is 9.59 Å². The van der Waals surface area contributed by atoms with Crippen molar-refractivity contribution in [3.8, 4) is 11.3 Å². The number of ether oxygens (including phenoxy) is 1. The molecule has 2 aromatic carbocycles. The topological polar surface area (TPSA) is 77.0 Å². The highest BCUT2D eigenvalue weighted by atomic mass is 16.5. The number of nitrogens with one attached hydrogen (secondary N) is 1. The number of carbonyl (C=O) groups is 2. The molecule has 0 aliphatic carbocycles. The van der Waals surface area contributed by atoms with Gasteiger partial charge in [0.1, 0.15) is 5.82 Å². The van der Waals surface area contributed by atoms with Crippen LogP contribution in [-0.2, 0) is 17.7 Å². The van der Waals surface area contributed by atoms with E-state index >= 15 is 0 Å². The van der Waals surface area contributed by atoms with Gasteiger partial charge in [-0.25, -0.2) is 9.78 Å². The van der Waals surface area contributed by atoms with Gasteiger partial charge in [-0.15, -0.1) is 0 Å². The second kappa shape index (κ2) is 9.00. The van der Waals surface area contributed by atoms with Gasteiger partial charge in [0.05, 0.1) is 19.2 Å². The average Bonchev–Trinajstić information content (AvgIpc) is 3.43. The quantitative estimate of drug-likeness (QED) is 0.323. The first kappa shape index (κ1) is 20.6. The molecular weight excluding hydrogens is 390 g/mol. The molecule has 0 spiro atoms. The number of hydrogen-bond donors (Lipinski definition) is 1. The number of esters is 1. The van der Waals surface area contributed by atoms with Gasteiger partial charge in [0.2, 0.25) is 0 Å². The lowest BCUT2D eigenvalue weighted by atomic mass is 10.0. The Labute approximate surface area is 180 Å². The predicted octanol–water partition coefficient (Wildman–Crippen LogP) is 5.04. The molecule has 4 aromatic rings. The Morgan fingerprint density at radius 3 is 2.77 bits per heavy atom. The monoisotopic (exact) mass is 415 g/mol. The number of rotatable bonds is 8. The minimum absolute atomic E-state index is 0.0374. The summed E-state index contributed by atoms with van der Waals surface area (Å²) in [6, 6.07) is 14.9. The molecule has 0 aliphatic heterocycles. The number of aryl methyl sites for hydroxylation is 1. The molecule has 6 nitrogen and oxygen atoms in total. The third-order valence-corrected chi connectivity index (χ3v) is 5.43. The highest BCUT2D eigenvalue weighted by molar-refractivity contribution is 6.01. The molecule has 0 atom stereocenters. The van der Waals surface area contributed by atoms with Crippen LogP contribution in [0.4, 0.5) is 0 Å². The zero-order valence-corrected chi connectivity index (χ0v) is 17.7. The number of hydrogen-bond acceptors (Lipinski definition) is 4. The van der Waals surface area contributed by atoms with Crippen LogP contribution in [0.2, 0.25) is 0 Å². The van der Waals surface area contributed by atoms with E-state index in [0.29, 0.717) is 11.1 Å². The van der Waals surface area contributed by atoms with Crippen molar-refractivity contribution in [2.75, 3.05) is 7.11 Å². The number of carbonyl (C=O) groups excluding carboxylic acids is 2. The minimum atomic E-state index is -0.385. The molecule has 158 valence electrons. The molecule has 0 unspecified atom stereocenters. The number of benzene rings is 2. The van der Waals surface area contributed by atoms with E-state index in [2.05, 4.69) is 16.9 Å². The SMILES string of the molecule is CCCCc1nccn1CC(=O)c1ccc2[nH]c(-c3ccccc3C(=O)OC)cc2c1. The Morgan fingerprint density at radius 1 is 1.13 bits per heavy atom. The molecule has 4 rings (SSSR count). The number of aromatic amines is 1. The second-order valence-corrected chi connectivity index (χ2v) is 7.52. The molecule has 2 aromatic heterocycles.